The maximum atomic E-state index is 6.06. The Morgan fingerprint density at radius 2 is 1.25 bits per heavy atom. The molecule has 1 aliphatic carbocycles. The zero-order valence-electron chi connectivity index (χ0n) is 14.6. The number of rotatable bonds is 7. The third-order valence-electron chi connectivity index (χ3n) is 5.36. The van der Waals surface area contributed by atoms with Crippen LogP contribution in [-0.4, -0.2) is 18.0 Å². The van der Waals surface area contributed by atoms with E-state index < -0.39 is 0 Å². The van der Waals surface area contributed by atoms with Crippen LogP contribution in [0, 0.1) is 11.8 Å². The summed E-state index contributed by atoms with van der Waals surface area (Å²) in [5, 5.41) is 0. The van der Waals surface area contributed by atoms with Crippen LogP contribution in [0.2, 0.25) is 0 Å². The Hall–Kier alpha value is -1.64. The summed E-state index contributed by atoms with van der Waals surface area (Å²) < 4.78 is 0. The molecule has 0 amide bonds. The highest BCUT2D eigenvalue weighted by Crippen LogP contribution is 2.30. The second-order valence-corrected chi connectivity index (χ2v) is 7.18. The molecule has 0 radical (unpaired) electrons. The standard InChI is InChI=1S/C22H30N2/c23-15-21-13-7-8-14-22(21)18-24(16-19-9-3-1-4-10-19)17-20-11-5-2-6-12-20/h1-6,9-12,21-22H,7-8,13-18,23H2. The zero-order valence-corrected chi connectivity index (χ0v) is 14.6. The number of nitrogens with zero attached hydrogens (tertiary/aromatic N) is 1. The molecule has 1 saturated carbocycles. The van der Waals surface area contributed by atoms with E-state index in [0.717, 1.165) is 32.1 Å². The summed E-state index contributed by atoms with van der Waals surface area (Å²) in [7, 11) is 0. The van der Waals surface area contributed by atoms with Gasteiger partial charge in [-0.05, 0) is 42.3 Å². The number of nitrogens with two attached hydrogens (primary N) is 1. The largest absolute Gasteiger partial charge is 0.330 e. The summed E-state index contributed by atoms with van der Waals surface area (Å²) >= 11 is 0. The van der Waals surface area contributed by atoms with Crippen LogP contribution in [0.1, 0.15) is 36.8 Å². The lowest BCUT2D eigenvalue weighted by atomic mass is 9.79. The monoisotopic (exact) mass is 322 g/mol. The van der Waals surface area contributed by atoms with E-state index in [1.165, 1.54) is 36.8 Å². The van der Waals surface area contributed by atoms with Crippen LogP contribution < -0.4 is 5.73 Å². The summed E-state index contributed by atoms with van der Waals surface area (Å²) in [5.41, 5.74) is 8.85. The molecule has 2 heteroatoms. The van der Waals surface area contributed by atoms with Gasteiger partial charge in [0.2, 0.25) is 0 Å². The van der Waals surface area contributed by atoms with Crippen molar-refractivity contribution in [2.75, 3.05) is 13.1 Å². The topological polar surface area (TPSA) is 29.3 Å². The maximum Gasteiger partial charge on any atom is 0.0237 e. The van der Waals surface area contributed by atoms with Gasteiger partial charge in [0, 0.05) is 19.6 Å². The Labute approximate surface area is 146 Å². The van der Waals surface area contributed by atoms with Gasteiger partial charge < -0.3 is 5.73 Å². The van der Waals surface area contributed by atoms with Crippen molar-refractivity contribution in [2.24, 2.45) is 17.6 Å². The summed E-state index contributed by atoms with van der Waals surface area (Å²) in [5.74, 6) is 1.45. The van der Waals surface area contributed by atoms with Crippen molar-refractivity contribution >= 4 is 0 Å². The first-order chi connectivity index (χ1) is 11.8. The zero-order chi connectivity index (χ0) is 16.6. The summed E-state index contributed by atoms with van der Waals surface area (Å²) in [4.78, 5) is 2.61. The van der Waals surface area contributed by atoms with Crippen LogP contribution >= 0.6 is 0 Å². The molecule has 2 N–H and O–H groups in total. The number of hydrogen-bond donors (Lipinski definition) is 1. The normalized spacial score (nSPS) is 21.1. The Kier molecular flexibility index (Phi) is 6.45. The number of hydrogen-bond acceptors (Lipinski definition) is 2. The van der Waals surface area contributed by atoms with Gasteiger partial charge >= 0.3 is 0 Å². The van der Waals surface area contributed by atoms with Gasteiger partial charge in [0.15, 0.2) is 0 Å². The fourth-order valence-electron chi connectivity index (χ4n) is 4.04. The van der Waals surface area contributed by atoms with Gasteiger partial charge in [-0.2, -0.15) is 0 Å². The average Bonchev–Trinajstić information content (AvgIpc) is 2.64. The van der Waals surface area contributed by atoms with Crippen LogP contribution in [-0.2, 0) is 13.1 Å². The molecule has 24 heavy (non-hydrogen) atoms. The fraction of sp³-hybridized carbons (Fsp3) is 0.455. The van der Waals surface area contributed by atoms with Crippen molar-refractivity contribution in [2.45, 2.75) is 38.8 Å². The van der Waals surface area contributed by atoms with Crippen molar-refractivity contribution in [3.05, 3.63) is 71.8 Å². The van der Waals surface area contributed by atoms with Gasteiger partial charge in [-0.25, -0.2) is 0 Å². The molecule has 2 aromatic carbocycles. The van der Waals surface area contributed by atoms with E-state index in [1.54, 1.807) is 0 Å². The molecule has 0 aliphatic heterocycles. The van der Waals surface area contributed by atoms with Crippen LogP contribution in [0.4, 0.5) is 0 Å². The Morgan fingerprint density at radius 3 is 1.75 bits per heavy atom. The lowest BCUT2D eigenvalue weighted by Crippen LogP contribution is -2.36. The van der Waals surface area contributed by atoms with E-state index >= 15 is 0 Å². The van der Waals surface area contributed by atoms with E-state index in [4.69, 9.17) is 5.73 Å². The van der Waals surface area contributed by atoms with Crippen LogP contribution in [0.15, 0.2) is 60.7 Å². The molecule has 2 aromatic rings. The average molecular weight is 322 g/mol. The fourth-order valence-corrected chi connectivity index (χ4v) is 4.04. The smallest absolute Gasteiger partial charge is 0.0237 e. The molecule has 1 aliphatic rings. The highest BCUT2D eigenvalue weighted by molar-refractivity contribution is 5.17. The third-order valence-corrected chi connectivity index (χ3v) is 5.36. The lowest BCUT2D eigenvalue weighted by Gasteiger charge is -2.35. The minimum absolute atomic E-state index is 0.702. The first-order valence-corrected chi connectivity index (χ1v) is 9.35. The molecule has 2 nitrogen and oxygen atoms in total. The highest BCUT2D eigenvalue weighted by Gasteiger charge is 2.26. The molecule has 2 unspecified atom stereocenters. The Balaban J connectivity index is 1.71. The predicted molar refractivity (Wildman–Crippen MR) is 102 cm³/mol. The van der Waals surface area contributed by atoms with Crippen molar-refractivity contribution in [1.29, 1.82) is 0 Å². The summed E-state index contributed by atoms with van der Waals surface area (Å²) in [6, 6.07) is 21.7. The lowest BCUT2D eigenvalue weighted by molar-refractivity contribution is 0.144. The Morgan fingerprint density at radius 1 is 0.750 bits per heavy atom. The molecule has 0 saturated heterocycles. The van der Waals surface area contributed by atoms with Crippen LogP contribution in [0.25, 0.3) is 0 Å². The molecule has 1 fully saturated rings. The second-order valence-electron chi connectivity index (χ2n) is 7.18. The van der Waals surface area contributed by atoms with E-state index in [-0.39, 0.29) is 0 Å². The van der Waals surface area contributed by atoms with E-state index in [2.05, 4.69) is 65.6 Å². The molecule has 3 rings (SSSR count). The minimum Gasteiger partial charge on any atom is -0.330 e. The molecule has 0 bridgehead atoms. The van der Waals surface area contributed by atoms with E-state index in [9.17, 15) is 0 Å². The van der Waals surface area contributed by atoms with Crippen molar-refractivity contribution in [3.8, 4) is 0 Å². The van der Waals surface area contributed by atoms with E-state index in [1.807, 2.05) is 0 Å². The van der Waals surface area contributed by atoms with Gasteiger partial charge in [-0.3, -0.25) is 4.90 Å². The number of benzene rings is 2. The maximum absolute atomic E-state index is 6.06. The molecule has 0 spiro atoms. The second kappa shape index (κ2) is 9.00. The van der Waals surface area contributed by atoms with Crippen molar-refractivity contribution in [3.63, 3.8) is 0 Å². The molecular weight excluding hydrogens is 292 g/mol. The molecule has 2 atom stereocenters. The minimum atomic E-state index is 0.702. The highest BCUT2D eigenvalue weighted by atomic mass is 15.1. The quantitative estimate of drug-likeness (QED) is 0.816. The van der Waals surface area contributed by atoms with Crippen LogP contribution in [0.5, 0.6) is 0 Å². The third kappa shape index (κ3) is 4.93. The van der Waals surface area contributed by atoms with Crippen molar-refractivity contribution in [1.82, 2.24) is 4.90 Å². The summed E-state index contributed by atoms with van der Waals surface area (Å²) in [6.07, 6.45) is 5.37. The SMILES string of the molecule is NCC1CCCCC1CN(Cc1ccccc1)Cc1ccccc1. The first kappa shape index (κ1) is 17.2. The van der Waals surface area contributed by atoms with Crippen LogP contribution in [0.3, 0.4) is 0 Å². The summed E-state index contributed by atoms with van der Waals surface area (Å²) in [6.45, 7) is 4.04. The Bertz CT molecular complexity index is 540. The van der Waals surface area contributed by atoms with E-state index in [0.29, 0.717) is 5.92 Å². The predicted octanol–water partition coefficient (Wildman–Crippen LogP) is 4.45. The molecule has 0 heterocycles. The molecule has 0 aromatic heterocycles. The van der Waals surface area contributed by atoms with Gasteiger partial charge in [0.25, 0.3) is 0 Å². The molecular formula is C22H30N2. The van der Waals surface area contributed by atoms with Gasteiger partial charge in [0.1, 0.15) is 0 Å². The molecule has 128 valence electrons. The van der Waals surface area contributed by atoms with Crippen molar-refractivity contribution < 1.29 is 0 Å². The van der Waals surface area contributed by atoms with Gasteiger partial charge in [-0.1, -0.05) is 73.5 Å². The van der Waals surface area contributed by atoms with Gasteiger partial charge in [-0.15, -0.1) is 0 Å². The first-order valence-electron chi connectivity index (χ1n) is 9.35. The van der Waals surface area contributed by atoms with Gasteiger partial charge in [0.05, 0.1) is 0 Å².